The van der Waals surface area contributed by atoms with Crippen LogP contribution in [0.15, 0.2) is 34.9 Å². The van der Waals surface area contributed by atoms with Crippen molar-refractivity contribution < 1.29 is 9.21 Å². The third-order valence-corrected chi connectivity index (χ3v) is 2.79. The molecule has 5 heteroatoms. The van der Waals surface area contributed by atoms with E-state index in [1.807, 2.05) is 19.9 Å². The van der Waals surface area contributed by atoms with Crippen LogP contribution in [0.1, 0.15) is 34.8 Å². The molecule has 0 fully saturated rings. The monoisotopic (exact) mass is 259 g/mol. The van der Waals surface area contributed by atoms with Gasteiger partial charge < -0.3 is 15.1 Å². The van der Waals surface area contributed by atoms with Crippen LogP contribution >= 0.6 is 0 Å². The topological polar surface area (TPSA) is 67.2 Å². The van der Waals surface area contributed by atoms with Crippen molar-refractivity contribution in [1.29, 1.82) is 0 Å². The molecule has 2 aromatic heterocycles. The van der Waals surface area contributed by atoms with E-state index in [4.69, 9.17) is 4.42 Å². The summed E-state index contributed by atoms with van der Waals surface area (Å²) < 4.78 is 5.26. The quantitative estimate of drug-likeness (QED) is 0.885. The lowest BCUT2D eigenvalue weighted by molar-refractivity contribution is 0.0935. The molecule has 0 aliphatic carbocycles. The van der Waals surface area contributed by atoms with E-state index in [2.05, 4.69) is 15.6 Å². The van der Waals surface area contributed by atoms with Crippen LogP contribution in [-0.4, -0.2) is 17.9 Å². The first-order valence-electron chi connectivity index (χ1n) is 6.11. The summed E-state index contributed by atoms with van der Waals surface area (Å²) >= 11 is 0. The first kappa shape index (κ1) is 13.1. The van der Waals surface area contributed by atoms with Crippen molar-refractivity contribution in [3.05, 3.63) is 47.5 Å². The molecule has 0 aliphatic heterocycles. The lowest BCUT2D eigenvalue weighted by atomic mass is 10.2. The number of furan rings is 1. The van der Waals surface area contributed by atoms with Crippen molar-refractivity contribution in [1.82, 2.24) is 10.3 Å². The van der Waals surface area contributed by atoms with Gasteiger partial charge >= 0.3 is 0 Å². The van der Waals surface area contributed by atoms with Crippen LogP contribution in [0.3, 0.4) is 0 Å². The maximum Gasteiger partial charge on any atom is 0.252 e. The van der Waals surface area contributed by atoms with Crippen molar-refractivity contribution in [3.63, 3.8) is 0 Å². The fraction of sp³-hybridized carbons (Fsp3) is 0.286. The Bertz CT molecular complexity index is 564. The molecule has 2 heterocycles. The fourth-order valence-electron chi connectivity index (χ4n) is 1.82. The number of rotatable bonds is 4. The average Bonchev–Trinajstić information content (AvgIpc) is 2.91. The SMILES string of the molecule is CNc1cc(C(=O)NC(C)c2ccco2)cc(C)n1. The van der Waals surface area contributed by atoms with Crippen molar-refractivity contribution in [2.45, 2.75) is 19.9 Å². The molecule has 0 spiro atoms. The van der Waals surface area contributed by atoms with Crippen molar-refractivity contribution in [2.75, 3.05) is 12.4 Å². The van der Waals surface area contributed by atoms with Crippen molar-refractivity contribution >= 4 is 11.7 Å². The minimum atomic E-state index is -0.172. The highest BCUT2D eigenvalue weighted by molar-refractivity contribution is 5.95. The van der Waals surface area contributed by atoms with Crippen LogP contribution in [0.2, 0.25) is 0 Å². The Balaban J connectivity index is 2.13. The molecule has 2 N–H and O–H groups in total. The van der Waals surface area contributed by atoms with Crippen molar-refractivity contribution in [2.24, 2.45) is 0 Å². The number of hydrogen-bond donors (Lipinski definition) is 2. The lowest BCUT2D eigenvalue weighted by Crippen LogP contribution is -2.26. The normalized spacial score (nSPS) is 11.9. The predicted molar refractivity (Wildman–Crippen MR) is 73.1 cm³/mol. The Hall–Kier alpha value is -2.30. The van der Waals surface area contributed by atoms with Crippen LogP contribution < -0.4 is 10.6 Å². The van der Waals surface area contributed by atoms with Gasteiger partial charge in [0.15, 0.2) is 0 Å². The van der Waals surface area contributed by atoms with Gasteiger partial charge in [-0.25, -0.2) is 4.98 Å². The fourth-order valence-corrected chi connectivity index (χ4v) is 1.82. The summed E-state index contributed by atoms with van der Waals surface area (Å²) in [6.45, 7) is 3.73. The van der Waals surface area contributed by atoms with Crippen LogP contribution in [-0.2, 0) is 0 Å². The minimum absolute atomic E-state index is 0.147. The van der Waals surface area contributed by atoms with Gasteiger partial charge in [0.25, 0.3) is 5.91 Å². The molecule has 1 atom stereocenters. The van der Waals surface area contributed by atoms with Gasteiger partial charge in [-0.15, -0.1) is 0 Å². The molecule has 1 unspecified atom stereocenters. The van der Waals surface area contributed by atoms with Gasteiger partial charge in [-0.1, -0.05) is 0 Å². The van der Waals surface area contributed by atoms with Gasteiger partial charge in [0.2, 0.25) is 0 Å². The molecule has 1 amide bonds. The maximum atomic E-state index is 12.2. The standard InChI is InChI=1S/C14H17N3O2/c1-9-7-11(8-13(15-3)16-9)14(18)17-10(2)12-5-4-6-19-12/h4-8,10H,1-3H3,(H,15,16)(H,17,18). The summed E-state index contributed by atoms with van der Waals surface area (Å²) in [5.41, 5.74) is 1.37. The number of hydrogen-bond acceptors (Lipinski definition) is 4. The van der Waals surface area contributed by atoms with Gasteiger partial charge in [-0.3, -0.25) is 4.79 Å². The largest absolute Gasteiger partial charge is 0.467 e. The first-order valence-corrected chi connectivity index (χ1v) is 6.11. The summed E-state index contributed by atoms with van der Waals surface area (Å²) in [7, 11) is 1.77. The molecule has 2 rings (SSSR count). The maximum absolute atomic E-state index is 12.2. The van der Waals surface area contributed by atoms with Crippen LogP contribution in [0, 0.1) is 6.92 Å². The molecule has 0 saturated carbocycles. The highest BCUT2D eigenvalue weighted by Gasteiger charge is 2.14. The van der Waals surface area contributed by atoms with Gasteiger partial charge in [0.1, 0.15) is 11.6 Å². The van der Waals surface area contributed by atoms with E-state index in [1.54, 1.807) is 31.5 Å². The summed E-state index contributed by atoms with van der Waals surface area (Å²) in [6, 6.07) is 6.94. The van der Waals surface area contributed by atoms with Crippen LogP contribution in [0.4, 0.5) is 5.82 Å². The van der Waals surface area contributed by atoms with Crippen molar-refractivity contribution in [3.8, 4) is 0 Å². The lowest BCUT2D eigenvalue weighted by Gasteiger charge is -2.12. The average molecular weight is 259 g/mol. The van der Waals surface area contributed by atoms with E-state index in [0.717, 1.165) is 11.5 Å². The van der Waals surface area contributed by atoms with Gasteiger partial charge in [0, 0.05) is 18.3 Å². The molecule has 0 aromatic carbocycles. The summed E-state index contributed by atoms with van der Waals surface area (Å²) in [4.78, 5) is 16.4. The Kier molecular flexibility index (Phi) is 3.85. The molecular weight excluding hydrogens is 242 g/mol. The Morgan fingerprint density at radius 2 is 2.21 bits per heavy atom. The van der Waals surface area contributed by atoms with E-state index >= 15 is 0 Å². The van der Waals surface area contributed by atoms with Gasteiger partial charge in [0.05, 0.1) is 12.3 Å². The summed E-state index contributed by atoms with van der Waals surface area (Å²) in [6.07, 6.45) is 1.59. The van der Waals surface area contributed by atoms with E-state index in [0.29, 0.717) is 11.4 Å². The summed E-state index contributed by atoms with van der Waals surface area (Å²) in [5.74, 6) is 1.26. The van der Waals surface area contributed by atoms with Crippen LogP contribution in [0.25, 0.3) is 0 Å². The first-order chi connectivity index (χ1) is 9.10. The van der Waals surface area contributed by atoms with Gasteiger partial charge in [-0.2, -0.15) is 0 Å². The number of carbonyl (C=O) groups excluding carboxylic acids is 1. The van der Waals surface area contributed by atoms with E-state index in [1.165, 1.54) is 0 Å². The molecule has 100 valence electrons. The number of pyridine rings is 1. The second-order valence-corrected chi connectivity index (χ2v) is 4.34. The zero-order valence-corrected chi connectivity index (χ0v) is 11.2. The molecule has 0 aliphatic rings. The second kappa shape index (κ2) is 5.56. The van der Waals surface area contributed by atoms with Gasteiger partial charge in [-0.05, 0) is 38.1 Å². The molecule has 5 nitrogen and oxygen atoms in total. The zero-order chi connectivity index (χ0) is 13.8. The molecule has 2 aromatic rings. The predicted octanol–water partition coefficient (Wildman–Crippen LogP) is 2.52. The zero-order valence-electron chi connectivity index (χ0n) is 11.2. The molecule has 0 radical (unpaired) electrons. The molecular formula is C14H17N3O2. The Morgan fingerprint density at radius 1 is 1.42 bits per heavy atom. The second-order valence-electron chi connectivity index (χ2n) is 4.34. The number of amides is 1. The molecule has 19 heavy (non-hydrogen) atoms. The number of nitrogens with zero attached hydrogens (tertiary/aromatic N) is 1. The third-order valence-electron chi connectivity index (χ3n) is 2.79. The number of anilines is 1. The smallest absolute Gasteiger partial charge is 0.252 e. The number of aromatic nitrogens is 1. The highest BCUT2D eigenvalue weighted by Crippen LogP contribution is 2.15. The number of carbonyl (C=O) groups is 1. The van der Waals surface area contributed by atoms with E-state index < -0.39 is 0 Å². The molecule has 0 bridgehead atoms. The minimum Gasteiger partial charge on any atom is -0.467 e. The number of nitrogens with one attached hydrogen (secondary N) is 2. The Morgan fingerprint density at radius 3 is 2.84 bits per heavy atom. The highest BCUT2D eigenvalue weighted by atomic mass is 16.3. The van der Waals surface area contributed by atoms with Crippen LogP contribution in [0.5, 0.6) is 0 Å². The third kappa shape index (κ3) is 3.13. The van der Waals surface area contributed by atoms with E-state index in [9.17, 15) is 4.79 Å². The summed E-state index contributed by atoms with van der Waals surface area (Å²) in [5, 5.41) is 5.82. The number of aryl methyl sites for hydroxylation is 1. The molecule has 0 saturated heterocycles. The van der Waals surface area contributed by atoms with E-state index in [-0.39, 0.29) is 11.9 Å². The Labute approximate surface area is 112 Å².